The van der Waals surface area contributed by atoms with Gasteiger partial charge in [-0.2, -0.15) is 0 Å². The van der Waals surface area contributed by atoms with Gasteiger partial charge in [0.15, 0.2) is 17.1 Å². The Kier molecular flexibility index (Phi) is 5.84. The molecule has 0 spiro atoms. The quantitative estimate of drug-likeness (QED) is 0.518. The van der Waals surface area contributed by atoms with E-state index in [-0.39, 0.29) is 12.4 Å². The van der Waals surface area contributed by atoms with Crippen molar-refractivity contribution in [1.82, 2.24) is 29.2 Å². The van der Waals surface area contributed by atoms with Gasteiger partial charge in [-0.3, -0.25) is 8.80 Å². The maximum absolute atomic E-state index is 11.4. The molecule has 4 aromatic heterocycles. The monoisotopic (exact) mass is 408 g/mol. The molecule has 0 aliphatic heterocycles. The number of ether oxygens (including phenoxy) is 1. The van der Waals surface area contributed by atoms with E-state index in [0.717, 1.165) is 0 Å². The minimum Gasteiger partial charge on any atom is -0.460 e. The van der Waals surface area contributed by atoms with Crippen molar-refractivity contribution in [2.75, 3.05) is 6.61 Å². The Labute approximate surface area is 163 Å². The third-order valence-electron chi connectivity index (χ3n) is 3.40. The summed E-state index contributed by atoms with van der Waals surface area (Å²) < 4.78 is 7.98. The molecule has 0 atom stereocenters. The summed E-state index contributed by atoms with van der Waals surface area (Å²) in [6, 6.07) is 6.83. The molecule has 4 rings (SSSR count). The first kappa shape index (κ1) is 19.0. The van der Waals surface area contributed by atoms with Crippen molar-refractivity contribution < 1.29 is 14.6 Å². The molecule has 0 fully saturated rings. The summed E-state index contributed by atoms with van der Waals surface area (Å²) in [5.41, 5.74) is 1.24. The summed E-state index contributed by atoms with van der Waals surface area (Å²) in [5.74, 6) is 0.120. The predicted molar refractivity (Wildman–Crippen MR) is 97.9 cm³/mol. The second-order valence-electron chi connectivity index (χ2n) is 5.17. The van der Waals surface area contributed by atoms with E-state index in [4.69, 9.17) is 33.0 Å². The Morgan fingerprint density at radius 1 is 1.00 bits per heavy atom. The van der Waals surface area contributed by atoms with Crippen LogP contribution in [0.4, 0.5) is 0 Å². The van der Waals surface area contributed by atoms with Crippen molar-refractivity contribution >= 4 is 40.5 Å². The molecule has 0 radical (unpaired) electrons. The van der Waals surface area contributed by atoms with Gasteiger partial charge in [-0.15, -0.1) is 20.4 Å². The third kappa shape index (κ3) is 4.16. The van der Waals surface area contributed by atoms with Crippen LogP contribution in [0.1, 0.15) is 23.4 Å². The van der Waals surface area contributed by atoms with Gasteiger partial charge in [0.25, 0.3) is 0 Å². The van der Waals surface area contributed by atoms with Crippen LogP contribution in [0.2, 0.25) is 10.0 Å². The van der Waals surface area contributed by atoms with Gasteiger partial charge in [0.05, 0.1) is 16.7 Å². The van der Waals surface area contributed by atoms with Crippen LogP contribution >= 0.6 is 23.2 Å². The normalized spacial score (nSPS) is 10.7. The number of halogens is 2. The van der Waals surface area contributed by atoms with Crippen LogP contribution < -0.4 is 0 Å². The summed E-state index contributed by atoms with van der Waals surface area (Å²) in [6.07, 6.45) is 3.24. The number of fused-ring (bicyclic) bond motifs is 2. The van der Waals surface area contributed by atoms with Gasteiger partial charge >= 0.3 is 5.97 Å². The van der Waals surface area contributed by atoms with Crippen LogP contribution in [0, 0.1) is 0 Å². The first-order valence-corrected chi connectivity index (χ1v) is 8.56. The lowest BCUT2D eigenvalue weighted by Crippen LogP contribution is -2.09. The van der Waals surface area contributed by atoms with Crippen molar-refractivity contribution in [2.45, 2.75) is 13.5 Å². The van der Waals surface area contributed by atoms with E-state index in [1.54, 1.807) is 48.0 Å². The van der Waals surface area contributed by atoms with Crippen molar-refractivity contribution in [3.8, 4) is 0 Å². The molecule has 0 saturated carbocycles. The lowest BCUT2D eigenvalue weighted by Gasteiger charge is -1.99. The van der Waals surface area contributed by atoms with Gasteiger partial charge < -0.3 is 9.84 Å². The smallest absolute Gasteiger partial charge is 0.376 e. The van der Waals surface area contributed by atoms with Gasteiger partial charge in [-0.25, -0.2) is 4.79 Å². The van der Waals surface area contributed by atoms with Crippen LogP contribution in [-0.2, 0) is 11.3 Å². The predicted octanol–water partition coefficient (Wildman–Crippen LogP) is 2.43. The molecule has 0 aliphatic rings. The van der Waals surface area contributed by atoms with E-state index < -0.39 is 5.97 Å². The van der Waals surface area contributed by atoms with Crippen molar-refractivity contribution in [1.29, 1.82) is 0 Å². The molecule has 0 unspecified atom stereocenters. The zero-order valence-electron chi connectivity index (χ0n) is 14.1. The van der Waals surface area contributed by atoms with E-state index >= 15 is 0 Å². The van der Waals surface area contributed by atoms with E-state index in [2.05, 4.69) is 20.4 Å². The first-order valence-electron chi connectivity index (χ1n) is 7.81. The second-order valence-corrected chi connectivity index (χ2v) is 6.04. The third-order valence-corrected chi connectivity index (χ3v) is 3.85. The second kappa shape index (κ2) is 8.30. The zero-order valence-corrected chi connectivity index (χ0v) is 15.6. The number of aromatic nitrogens is 6. The summed E-state index contributed by atoms with van der Waals surface area (Å²) >= 11 is 11.5. The van der Waals surface area contributed by atoms with E-state index in [1.165, 1.54) is 4.40 Å². The summed E-state index contributed by atoms with van der Waals surface area (Å²) in [6.45, 7) is 1.89. The minimum absolute atomic E-state index is 0.134. The van der Waals surface area contributed by atoms with Crippen LogP contribution in [-0.4, -0.2) is 46.9 Å². The minimum atomic E-state index is -0.507. The number of aliphatic hydroxyl groups excluding tert-OH is 1. The fraction of sp³-hybridized carbons (Fsp3) is 0.188. The largest absolute Gasteiger partial charge is 0.460 e. The highest BCUT2D eigenvalue weighted by atomic mass is 35.5. The van der Waals surface area contributed by atoms with E-state index in [0.29, 0.717) is 33.8 Å². The number of esters is 1. The first-order chi connectivity index (χ1) is 13.0. The van der Waals surface area contributed by atoms with Gasteiger partial charge in [0, 0.05) is 12.4 Å². The Balaban J connectivity index is 0.000000159. The van der Waals surface area contributed by atoms with Gasteiger partial charge in [-0.1, -0.05) is 23.2 Å². The number of carbonyl (C=O) groups is 1. The van der Waals surface area contributed by atoms with Crippen molar-refractivity contribution in [3.05, 3.63) is 58.4 Å². The van der Waals surface area contributed by atoms with Gasteiger partial charge in [0.2, 0.25) is 5.82 Å². The highest BCUT2D eigenvalue weighted by Gasteiger charge is 2.15. The van der Waals surface area contributed by atoms with Crippen LogP contribution in [0.5, 0.6) is 0 Å². The molecule has 9 nitrogen and oxygen atoms in total. The Morgan fingerprint density at radius 3 is 2.22 bits per heavy atom. The summed E-state index contributed by atoms with van der Waals surface area (Å²) in [4.78, 5) is 11.4. The lowest BCUT2D eigenvalue weighted by atomic mass is 10.4. The standard InChI is InChI=1S/C9H8ClN3O2.C7H6ClN3O/c1-2-15-9(14)8-12-11-7-4-3-6(10)5-13(7)8;8-5-1-2-6-9-10-7(4-12)11(6)3-5/h3-5H,2H2,1H3;1-3,12H,4H2. The van der Waals surface area contributed by atoms with Crippen molar-refractivity contribution in [3.63, 3.8) is 0 Å². The molecule has 0 saturated heterocycles. The van der Waals surface area contributed by atoms with E-state index in [9.17, 15) is 4.79 Å². The summed E-state index contributed by atoms with van der Waals surface area (Å²) in [7, 11) is 0. The Bertz CT molecular complexity index is 1090. The number of carbonyl (C=O) groups excluding carboxylic acids is 1. The Morgan fingerprint density at radius 2 is 1.59 bits per heavy atom. The average molecular weight is 409 g/mol. The van der Waals surface area contributed by atoms with Crippen LogP contribution in [0.25, 0.3) is 11.3 Å². The molecular weight excluding hydrogens is 395 g/mol. The number of pyridine rings is 2. The van der Waals surface area contributed by atoms with Crippen molar-refractivity contribution in [2.24, 2.45) is 0 Å². The number of hydrogen-bond acceptors (Lipinski definition) is 7. The maximum atomic E-state index is 11.4. The summed E-state index contributed by atoms with van der Waals surface area (Å²) in [5, 5.41) is 25.1. The molecule has 0 aliphatic carbocycles. The molecule has 27 heavy (non-hydrogen) atoms. The molecule has 0 bridgehead atoms. The van der Waals surface area contributed by atoms with Gasteiger partial charge in [-0.05, 0) is 31.2 Å². The highest BCUT2D eigenvalue weighted by molar-refractivity contribution is 6.30. The fourth-order valence-corrected chi connectivity index (χ4v) is 2.54. The SMILES string of the molecule is CCOC(=O)c1nnc2ccc(Cl)cn12.OCc1nnc2ccc(Cl)cn12. The van der Waals surface area contributed by atoms with Crippen LogP contribution in [0.3, 0.4) is 0 Å². The number of nitrogens with zero attached hydrogens (tertiary/aromatic N) is 6. The number of hydrogen-bond donors (Lipinski definition) is 1. The van der Waals surface area contributed by atoms with E-state index in [1.807, 2.05) is 0 Å². The maximum Gasteiger partial charge on any atom is 0.376 e. The molecule has 0 aromatic carbocycles. The molecule has 11 heteroatoms. The molecule has 4 heterocycles. The Hall–Kier alpha value is -2.75. The van der Waals surface area contributed by atoms with Crippen LogP contribution in [0.15, 0.2) is 36.7 Å². The fourth-order valence-electron chi connectivity index (χ4n) is 2.22. The number of aliphatic hydroxyl groups is 1. The molecule has 140 valence electrons. The molecule has 4 aromatic rings. The van der Waals surface area contributed by atoms with Gasteiger partial charge in [0.1, 0.15) is 6.61 Å². The average Bonchev–Trinajstić information content (AvgIpc) is 3.25. The highest BCUT2D eigenvalue weighted by Crippen LogP contribution is 2.12. The zero-order chi connectivity index (χ0) is 19.4. The molecular formula is C16H14Cl2N6O3. The molecule has 1 N–H and O–H groups in total. The number of rotatable bonds is 3. The topological polar surface area (TPSA) is 107 Å². The molecule has 0 amide bonds. The lowest BCUT2D eigenvalue weighted by molar-refractivity contribution is 0.0510.